The van der Waals surface area contributed by atoms with E-state index in [1.54, 1.807) is 0 Å². The fourth-order valence-corrected chi connectivity index (χ4v) is 2.92. The van der Waals surface area contributed by atoms with Gasteiger partial charge in [0.1, 0.15) is 54.9 Å². The van der Waals surface area contributed by atoms with Crippen LogP contribution in [-0.2, 0) is 0 Å². The minimum absolute atomic E-state index is 0.215. The highest BCUT2D eigenvalue weighted by Gasteiger charge is 2.17. The maximum absolute atomic E-state index is 6.13. The third-order valence-electron chi connectivity index (χ3n) is 3.71. The Bertz CT molecular complexity index is 857. The van der Waals surface area contributed by atoms with Crippen molar-refractivity contribution in [3.63, 3.8) is 0 Å². The van der Waals surface area contributed by atoms with Crippen LogP contribution >= 0.6 is 15.9 Å². The van der Waals surface area contributed by atoms with Gasteiger partial charge in [-0.15, -0.1) is 10.9 Å². The summed E-state index contributed by atoms with van der Waals surface area (Å²) < 4.78 is 0.502. The number of nitrogens with one attached hydrogen (secondary N) is 1. The first-order valence-electron chi connectivity index (χ1n) is 5.96. The van der Waals surface area contributed by atoms with Crippen molar-refractivity contribution in [2.24, 2.45) is 0 Å². The lowest BCUT2D eigenvalue weighted by Gasteiger charge is -2.14. The van der Waals surface area contributed by atoms with Gasteiger partial charge >= 0.3 is 0 Å². The molecule has 1 N–H and O–H groups in total. The molecule has 3 aromatic rings. The Morgan fingerprint density at radius 1 is 0.524 bits per heavy atom. The van der Waals surface area contributed by atoms with Crippen LogP contribution in [0, 0.1) is 0 Å². The maximum atomic E-state index is 6.13. The van der Waals surface area contributed by atoms with E-state index in [-0.39, 0.29) is 10.9 Å². The Morgan fingerprint density at radius 2 is 0.952 bits per heavy atom. The predicted molar refractivity (Wildman–Crippen MR) is 101 cm³/mol. The van der Waals surface area contributed by atoms with Crippen LogP contribution in [0.2, 0.25) is 0 Å². The van der Waals surface area contributed by atoms with Crippen molar-refractivity contribution >= 4 is 131 Å². The fraction of sp³-hybridized carbons (Fsp3) is 0. The SMILES string of the molecule is [B]c1c([B])c([B])c2c([nH]c3c([B])c([B])c(Br)c([B])c32)c1[B]. The quantitative estimate of drug-likeness (QED) is 0.404. The Balaban J connectivity index is 2.73. The van der Waals surface area contributed by atoms with Gasteiger partial charge in [0.2, 0.25) is 0 Å². The molecule has 1 heterocycles. The Hall–Kier alpha value is -0.825. The molecule has 14 radical (unpaired) electrons. The number of benzene rings is 2. The molecule has 0 saturated carbocycles. The summed E-state index contributed by atoms with van der Waals surface area (Å²) >= 11 is 3.33. The summed E-state index contributed by atoms with van der Waals surface area (Å²) in [4.78, 5) is 3.09. The van der Waals surface area contributed by atoms with Gasteiger partial charge in [-0.05, 0) is 5.39 Å². The highest BCUT2D eigenvalue weighted by molar-refractivity contribution is 9.10. The first kappa shape index (κ1) is 15.1. The smallest absolute Gasteiger partial charge is 0.116 e. The zero-order valence-corrected chi connectivity index (χ0v) is 12.5. The van der Waals surface area contributed by atoms with E-state index in [1.165, 1.54) is 0 Å². The van der Waals surface area contributed by atoms with E-state index in [0.717, 1.165) is 0 Å². The van der Waals surface area contributed by atoms with Crippen LogP contribution < -0.4 is 38.2 Å². The van der Waals surface area contributed by atoms with Gasteiger partial charge < -0.3 is 4.98 Å². The normalized spacial score (nSPS) is 11.5. The number of hydrogen-bond donors (Lipinski definition) is 1. The molecular weight excluding hydrogens is 314 g/mol. The lowest BCUT2D eigenvalue weighted by Crippen LogP contribution is -2.47. The second kappa shape index (κ2) is 4.84. The summed E-state index contributed by atoms with van der Waals surface area (Å²) in [5.41, 5.74) is 3.19. The van der Waals surface area contributed by atoms with Gasteiger partial charge in [0.05, 0.1) is 0 Å². The Kier molecular flexibility index (Phi) is 3.48. The molecule has 0 spiro atoms. The number of rotatable bonds is 0. The number of H-pyrrole nitrogens is 1. The van der Waals surface area contributed by atoms with Crippen LogP contribution in [0.5, 0.6) is 0 Å². The van der Waals surface area contributed by atoms with Crippen LogP contribution in [0.4, 0.5) is 0 Å². The van der Waals surface area contributed by atoms with Crippen LogP contribution in [-0.4, -0.2) is 59.9 Å². The fourth-order valence-electron chi connectivity index (χ4n) is 2.51. The van der Waals surface area contributed by atoms with Gasteiger partial charge in [0.15, 0.2) is 0 Å². The number of halogens is 1. The molecule has 0 aliphatic carbocycles. The second-order valence-electron chi connectivity index (χ2n) is 4.83. The van der Waals surface area contributed by atoms with Gasteiger partial charge in [-0.1, -0.05) is 43.2 Å². The molecule has 9 heteroatoms. The molecule has 3 rings (SSSR count). The molecule has 21 heavy (non-hydrogen) atoms. The standard InChI is InChI=1S/C12HB7BrN/c13-3-1-2-4(14)10(20)7(17)9(19)12(2)21-11(1)8(18)6(16)5(3)15/h21H. The average molecular weight is 315 g/mol. The molecule has 0 bridgehead atoms. The van der Waals surface area contributed by atoms with Crippen molar-refractivity contribution in [1.29, 1.82) is 0 Å². The number of aromatic nitrogens is 1. The van der Waals surface area contributed by atoms with Gasteiger partial charge in [0.25, 0.3) is 0 Å². The third-order valence-corrected chi connectivity index (χ3v) is 4.57. The monoisotopic (exact) mass is 315 g/mol. The predicted octanol–water partition coefficient (Wildman–Crippen LogP) is -4.36. The molecule has 1 nitrogen and oxygen atoms in total. The molecule has 0 amide bonds. The molecule has 0 aliphatic heterocycles. The van der Waals surface area contributed by atoms with Crippen molar-refractivity contribution in [3.05, 3.63) is 4.47 Å². The first-order valence-corrected chi connectivity index (χ1v) is 6.75. The van der Waals surface area contributed by atoms with E-state index < -0.39 is 0 Å². The zero-order valence-electron chi connectivity index (χ0n) is 10.9. The number of fused-ring (bicyclic) bond motifs is 3. The summed E-state index contributed by atoms with van der Waals surface area (Å²) in [6, 6.07) is 0. The molecule has 0 aliphatic rings. The highest BCUT2D eigenvalue weighted by atomic mass is 79.9. The molecule has 0 atom stereocenters. The van der Waals surface area contributed by atoms with Crippen LogP contribution in [0.1, 0.15) is 0 Å². The summed E-state index contributed by atoms with van der Waals surface area (Å²) in [6.07, 6.45) is 0. The van der Waals surface area contributed by atoms with E-state index in [0.29, 0.717) is 53.6 Å². The number of aromatic amines is 1. The van der Waals surface area contributed by atoms with Gasteiger partial charge in [-0.2, -0.15) is 0 Å². The largest absolute Gasteiger partial charge is 0.356 e. The molecule has 1 aromatic heterocycles. The lowest BCUT2D eigenvalue weighted by atomic mass is 9.65. The van der Waals surface area contributed by atoms with Crippen molar-refractivity contribution in [3.8, 4) is 0 Å². The minimum atomic E-state index is 0.215. The van der Waals surface area contributed by atoms with E-state index >= 15 is 0 Å². The van der Waals surface area contributed by atoms with Crippen molar-refractivity contribution in [2.45, 2.75) is 0 Å². The minimum Gasteiger partial charge on any atom is -0.356 e. The van der Waals surface area contributed by atoms with Gasteiger partial charge in [0, 0.05) is 20.9 Å². The molecule has 0 fully saturated rings. The average Bonchev–Trinajstić information content (AvgIpc) is 2.87. The Morgan fingerprint density at radius 3 is 1.52 bits per heavy atom. The van der Waals surface area contributed by atoms with Crippen LogP contribution in [0.3, 0.4) is 0 Å². The third kappa shape index (κ3) is 1.86. The summed E-state index contributed by atoms with van der Waals surface area (Å²) in [5, 5.41) is 1.19. The van der Waals surface area contributed by atoms with Crippen molar-refractivity contribution in [2.75, 3.05) is 0 Å². The highest BCUT2D eigenvalue weighted by Crippen LogP contribution is 2.20. The molecule has 0 unspecified atom stereocenters. The van der Waals surface area contributed by atoms with Crippen molar-refractivity contribution in [1.82, 2.24) is 4.98 Å². The molecule has 2 aromatic carbocycles. The first-order chi connectivity index (χ1) is 9.77. The maximum Gasteiger partial charge on any atom is 0.116 e. The van der Waals surface area contributed by atoms with Gasteiger partial charge in [-0.3, -0.25) is 0 Å². The second-order valence-corrected chi connectivity index (χ2v) is 5.63. The van der Waals surface area contributed by atoms with Crippen molar-refractivity contribution < 1.29 is 0 Å². The van der Waals surface area contributed by atoms with E-state index in [1.807, 2.05) is 0 Å². The summed E-state index contributed by atoms with van der Waals surface area (Å²) in [6.45, 7) is 0. The molecule has 82 valence electrons. The molecule has 0 saturated heterocycles. The lowest BCUT2D eigenvalue weighted by molar-refractivity contribution is 1.59. The van der Waals surface area contributed by atoms with Crippen LogP contribution in [0.15, 0.2) is 4.47 Å². The zero-order chi connectivity index (χ0) is 15.6. The molecular formula is C12HB7BrN. The summed E-state index contributed by atoms with van der Waals surface area (Å²) in [5.74, 6) is 0. The van der Waals surface area contributed by atoms with Crippen LogP contribution in [0.25, 0.3) is 21.8 Å². The van der Waals surface area contributed by atoms with E-state index in [4.69, 9.17) is 54.9 Å². The summed E-state index contributed by atoms with van der Waals surface area (Å²) in [7, 11) is 42.0. The van der Waals surface area contributed by atoms with E-state index in [2.05, 4.69) is 20.9 Å². The van der Waals surface area contributed by atoms with Gasteiger partial charge in [-0.25, -0.2) is 0 Å². The number of hydrogen-bond acceptors (Lipinski definition) is 0. The topological polar surface area (TPSA) is 15.8 Å². The van der Waals surface area contributed by atoms with E-state index in [9.17, 15) is 0 Å². The Labute approximate surface area is 140 Å².